The van der Waals surface area contributed by atoms with Crippen LogP contribution in [0.2, 0.25) is 0 Å². The van der Waals surface area contributed by atoms with Gasteiger partial charge in [-0.2, -0.15) is 5.26 Å². The molecule has 2 aromatic carbocycles. The molecule has 0 aliphatic rings. The van der Waals surface area contributed by atoms with Crippen LogP contribution in [0.1, 0.15) is 28.8 Å². The molecule has 0 radical (unpaired) electrons. The minimum Gasteiger partial charge on any atom is -0.368 e. The second-order valence-corrected chi connectivity index (χ2v) is 7.86. The van der Waals surface area contributed by atoms with Gasteiger partial charge in [0.2, 0.25) is 17.7 Å². The predicted octanol–water partition coefficient (Wildman–Crippen LogP) is 1.15. The molecule has 9 heteroatoms. The van der Waals surface area contributed by atoms with Crippen LogP contribution in [0, 0.1) is 11.3 Å². The van der Waals surface area contributed by atoms with E-state index in [0.717, 1.165) is 11.1 Å². The monoisotopic (exact) mass is 458 g/mol. The molecule has 0 bridgehead atoms. The summed E-state index contributed by atoms with van der Waals surface area (Å²) in [4.78, 5) is 44.5. The lowest BCUT2D eigenvalue weighted by atomic mass is 10.0. The number of H-pyrrole nitrogens is 1. The van der Waals surface area contributed by atoms with E-state index in [4.69, 9.17) is 11.0 Å². The Morgan fingerprint density at radius 1 is 0.971 bits per heavy atom. The Morgan fingerprint density at radius 2 is 1.71 bits per heavy atom. The summed E-state index contributed by atoms with van der Waals surface area (Å²) in [6, 6.07) is 16.5. The van der Waals surface area contributed by atoms with Gasteiger partial charge < -0.3 is 21.4 Å². The molecule has 3 aromatic rings. The van der Waals surface area contributed by atoms with Gasteiger partial charge in [-0.1, -0.05) is 42.5 Å². The highest BCUT2D eigenvalue weighted by Gasteiger charge is 2.26. The minimum atomic E-state index is -0.974. The lowest BCUT2D eigenvalue weighted by Crippen LogP contribution is -2.54. The molecule has 1 aromatic heterocycles. The van der Waals surface area contributed by atoms with Gasteiger partial charge >= 0.3 is 0 Å². The van der Waals surface area contributed by atoms with E-state index in [0.29, 0.717) is 17.7 Å². The Bertz CT molecular complexity index is 1140. The molecule has 0 saturated heterocycles. The van der Waals surface area contributed by atoms with Crippen molar-refractivity contribution in [3.63, 3.8) is 0 Å². The number of amides is 3. The molecule has 0 aliphatic carbocycles. The normalized spacial score (nSPS) is 12.2. The Kier molecular flexibility index (Phi) is 8.52. The van der Waals surface area contributed by atoms with Gasteiger partial charge in [0.1, 0.15) is 12.1 Å². The van der Waals surface area contributed by atoms with Crippen molar-refractivity contribution in [1.82, 2.24) is 20.6 Å². The van der Waals surface area contributed by atoms with E-state index in [1.807, 2.05) is 36.4 Å². The third kappa shape index (κ3) is 7.31. The Labute approximate surface area is 197 Å². The molecular weight excluding hydrogens is 432 g/mol. The molecule has 9 nitrogen and oxygen atoms in total. The van der Waals surface area contributed by atoms with Gasteiger partial charge in [0.05, 0.1) is 18.0 Å². The van der Waals surface area contributed by atoms with Crippen molar-refractivity contribution in [2.75, 3.05) is 0 Å². The molecule has 0 aliphatic heterocycles. The van der Waals surface area contributed by atoms with Crippen molar-refractivity contribution in [2.45, 2.75) is 37.8 Å². The first-order valence-electron chi connectivity index (χ1n) is 10.8. The molecule has 3 amide bonds. The van der Waals surface area contributed by atoms with Crippen molar-refractivity contribution < 1.29 is 14.4 Å². The first-order chi connectivity index (χ1) is 16.4. The molecule has 0 fully saturated rings. The molecule has 174 valence electrons. The number of aryl methyl sites for hydroxylation is 1. The summed E-state index contributed by atoms with van der Waals surface area (Å²) in [5.74, 6) is -1.52. The molecule has 1 heterocycles. The summed E-state index contributed by atoms with van der Waals surface area (Å²) < 4.78 is 0. The second-order valence-electron chi connectivity index (χ2n) is 7.86. The number of carbonyl (C=O) groups excluding carboxylic acids is 3. The van der Waals surface area contributed by atoms with Crippen LogP contribution >= 0.6 is 0 Å². The molecule has 34 heavy (non-hydrogen) atoms. The van der Waals surface area contributed by atoms with Crippen molar-refractivity contribution in [3.05, 3.63) is 89.5 Å². The molecule has 2 atom stereocenters. The summed E-state index contributed by atoms with van der Waals surface area (Å²) in [5, 5.41) is 14.4. The summed E-state index contributed by atoms with van der Waals surface area (Å²) in [5.41, 5.74) is 8.39. The Morgan fingerprint density at radius 3 is 2.32 bits per heavy atom. The van der Waals surface area contributed by atoms with E-state index in [1.54, 1.807) is 30.5 Å². The standard InChI is InChI=1S/C25H26N6O3/c26-14-19-8-6-18(7-9-19)12-22(30-23(32)11-10-17-4-2-1-3-5-17)25(34)31-21(24(27)33)13-20-15-28-16-29-20/h1-9,15-16,21-22H,10-13H2,(H2,27,33)(H,28,29)(H,30,32)(H,31,34)/t21-,22-/m0/s1. The fraction of sp³-hybridized carbons (Fsp3) is 0.240. The molecule has 0 saturated carbocycles. The van der Waals surface area contributed by atoms with Gasteiger partial charge in [0.25, 0.3) is 0 Å². The number of nitrogens with one attached hydrogen (secondary N) is 3. The summed E-state index contributed by atoms with van der Waals surface area (Å²) in [7, 11) is 0. The fourth-order valence-electron chi connectivity index (χ4n) is 3.44. The zero-order valence-corrected chi connectivity index (χ0v) is 18.5. The number of rotatable bonds is 11. The van der Waals surface area contributed by atoms with Crippen molar-refractivity contribution >= 4 is 17.7 Å². The second kappa shape index (κ2) is 12.0. The van der Waals surface area contributed by atoms with Gasteiger partial charge in [-0.3, -0.25) is 14.4 Å². The van der Waals surface area contributed by atoms with Crippen LogP contribution in [0.25, 0.3) is 0 Å². The van der Waals surface area contributed by atoms with Crippen LogP contribution in [0.4, 0.5) is 0 Å². The zero-order valence-electron chi connectivity index (χ0n) is 18.5. The number of primary amides is 1. The number of aromatic nitrogens is 2. The van der Waals surface area contributed by atoms with Crippen LogP contribution in [0.15, 0.2) is 67.1 Å². The average molecular weight is 459 g/mol. The van der Waals surface area contributed by atoms with Crippen LogP contribution < -0.4 is 16.4 Å². The van der Waals surface area contributed by atoms with Crippen molar-refractivity contribution in [3.8, 4) is 6.07 Å². The number of carbonyl (C=O) groups is 3. The van der Waals surface area contributed by atoms with Crippen molar-refractivity contribution in [2.24, 2.45) is 5.73 Å². The average Bonchev–Trinajstić information content (AvgIpc) is 3.36. The maximum absolute atomic E-state index is 13.1. The van der Waals surface area contributed by atoms with Gasteiger partial charge in [-0.15, -0.1) is 0 Å². The highest BCUT2D eigenvalue weighted by molar-refractivity contribution is 5.92. The number of benzene rings is 2. The van der Waals surface area contributed by atoms with E-state index in [2.05, 4.69) is 20.6 Å². The zero-order chi connectivity index (χ0) is 24.3. The predicted molar refractivity (Wildman–Crippen MR) is 125 cm³/mol. The van der Waals surface area contributed by atoms with Crippen LogP contribution in [0.5, 0.6) is 0 Å². The highest BCUT2D eigenvalue weighted by atomic mass is 16.2. The quantitative estimate of drug-likeness (QED) is 0.339. The summed E-state index contributed by atoms with van der Waals surface area (Å²) in [6.45, 7) is 0. The van der Waals surface area contributed by atoms with Gasteiger partial charge in [0, 0.05) is 31.2 Å². The molecule has 0 spiro atoms. The molecule has 3 rings (SSSR count). The molecule has 5 N–H and O–H groups in total. The first kappa shape index (κ1) is 24.2. The van der Waals surface area contributed by atoms with E-state index < -0.39 is 23.9 Å². The topological polar surface area (TPSA) is 154 Å². The van der Waals surface area contributed by atoms with Gasteiger partial charge in [-0.25, -0.2) is 4.98 Å². The highest BCUT2D eigenvalue weighted by Crippen LogP contribution is 2.09. The third-order valence-corrected chi connectivity index (χ3v) is 5.30. The Hall–Kier alpha value is -4.45. The molecular formula is C25H26N6O3. The number of nitrogens with two attached hydrogens (primary N) is 1. The van der Waals surface area contributed by atoms with E-state index >= 15 is 0 Å². The third-order valence-electron chi connectivity index (χ3n) is 5.30. The maximum atomic E-state index is 13.1. The Balaban J connectivity index is 1.70. The van der Waals surface area contributed by atoms with E-state index in [1.165, 1.54) is 6.33 Å². The number of hydrogen-bond donors (Lipinski definition) is 4. The number of hydrogen-bond acceptors (Lipinski definition) is 5. The smallest absolute Gasteiger partial charge is 0.243 e. The van der Waals surface area contributed by atoms with Crippen LogP contribution in [-0.4, -0.2) is 39.8 Å². The maximum Gasteiger partial charge on any atom is 0.243 e. The van der Waals surface area contributed by atoms with E-state index in [9.17, 15) is 14.4 Å². The lowest BCUT2D eigenvalue weighted by Gasteiger charge is -2.22. The van der Waals surface area contributed by atoms with Crippen LogP contribution in [-0.2, 0) is 33.6 Å². The summed E-state index contributed by atoms with van der Waals surface area (Å²) in [6.07, 6.45) is 4.07. The number of nitrogens with zero attached hydrogens (tertiary/aromatic N) is 2. The van der Waals surface area contributed by atoms with Gasteiger partial charge in [0.15, 0.2) is 0 Å². The first-order valence-corrected chi connectivity index (χ1v) is 10.8. The van der Waals surface area contributed by atoms with E-state index in [-0.39, 0.29) is 25.2 Å². The number of aromatic amines is 1. The van der Waals surface area contributed by atoms with Crippen molar-refractivity contribution in [1.29, 1.82) is 5.26 Å². The minimum absolute atomic E-state index is 0.145. The summed E-state index contributed by atoms with van der Waals surface area (Å²) >= 11 is 0. The fourth-order valence-corrected chi connectivity index (χ4v) is 3.44. The number of nitriles is 1. The largest absolute Gasteiger partial charge is 0.368 e. The SMILES string of the molecule is N#Cc1ccc(C[C@H](NC(=O)CCc2ccccc2)C(=O)N[C@@H](Cc2cnc[nH]2)C(N)=O)cc1. The molecule has 0 unspecified atom stereocenters. The lowest BCUT2D eigenvalue weighted by molar-refractivity contribution is -0.131. The number of imidazole rings is 1. The van der Waals surface area contributed by atoms with Crippen LogP contribution in [0.3, 0.4) is 0 Å². The van der Waals surface area contributed by atoms with Gasteiger partial charge in [-0.05, 0) is 29.7 Å².